The van der Waals surface area contributed by atoms with Crippen molar-refractivity contribution in [3.8, 4) is 0 Å². The van der Waals surface area contributed by atoms with Crippen molar-refractivity contribution in [1.29, 1.82) is 0 Å². The molecule has 0 aliphatic heterocycles. The number of rotatable bonds is 9. The minimum Gasteiger partial charge on any atom is -0.411 e. The second kappa shape index (κ2) is 10.9. The minimum absolute atomic E-state index is 0.0802. The number of oxime groups is 1. The first kappa shape index (κ1) is 17.2. The molecule has 0 heterocycles. The van der Waals surface area contributed by atoms with Gasteiger partial charge in [0.1, 0.15) is 0 Å². The van der Waals surface area contributed by atoms with Crippen LogP contribution in [0.15, 0.2) is 59.8 Å². The smallest absolute Gasteiger partial charge is 0.0467 e. The predicted octanol–water partition coefficient (Wildman–Crippen LogP) is 4.46. The summed E-state index contributed by atoms with van der Waals surface area (Å²) in [6, 6.07) is 10.3. The van der Waals surface area contributed by atoms with E-state index < -0.39 is 0 Å². The fourth-order valence-electron chi connectivity index (χ4n) is 1.99. The van der Waals surface area contributed by atoms with Crippen molar-refractivity contribution in [3.05, 3.63) is 60.2 Å². The molecule has 2 atom stereocenters. The molecule has 0 aliphatic carbocycles. The largest absolute Gasteiger partial charge is 0.411 e. The Kier molecular flexibility index (Phi) is 8.89. The monoisotopic (exact) mass is 286 g/mol. The molecule has 114 valence electrons. The van der Waals surface area contributed by atoms with E-state index in [0.29, 0.717) is 0 Å². The van der Waals surface area contributed by atoms with Crippen molar-refractivity contribution >= 4 is 6.21 Å². The molecule has 3 heteroatoms. The third kappa shape index (κ3) is 8.10. The lowest BCUT2D eigenvalue weighted by molar-refractivity contribution is 0.318. The summed E-state index contributed by atoms with van der Waals surface area (Å²) in [7, 11) is 0. The highest BCUT2D eigenvalue weighted by molar-refractivity contribution is 5.59. The molecule has 0 saturated heterocycles. The number of unbranched alkanes of at least 4 members (excludes halogenated alkanes) is 1. The van der Waals surface area contributed by atoms with E-state index in [0.717, 1.165) is 25.7 Å². The van der Waals surface area contributed by atoms with Crippen molar-refractivity contribution in [3.63, 3.8) is 0 Å². The standard InChI is InChI=1S/C18H26N2O/c1-16(15-20-21)11-7-4-2-3-5-10-14-18(19)17-12-8-6-9-13-17/h4-10,12-13,15-16,18,21H,2-3,11,14,19H2,1H3/b7-4+,10-5+,20-15+. The summed E-state index contributed by atoms with van der Waals surface area (Å²) in [5, 5.41) is 11.4. The molecule has 0 spiro atoms. The first-order valence-electron chi connectivity index (χ1n) is 7.52. The Balaban J connectivity index is 2.14. The van der Waals surface area contributed by atoms with Crippen LogP contribution in [0.5, 0.6) is 0 Å². The maximum Gasteiger partial charge on any atom is 0.0467 e. The van der Waals surface area contributed by atoms with Crippen molar-refractivity contribution in [2.24, 2.45) is 16.8 Å². The highest BCUT2D eigenvalue weighted by Gasteiger charge is 2.01. The lowest BCUT2D eigenvalue weighted by atomic mass is 10.0. The Morgan fingerprint density at radius 1 is 1.05 bits per heavy atom. The van der Waals surface area contributed by atoms with Crippen LogP contribution in [0.4, 0.5) is 0 Å². The van der Waals surface area contributed by atoms with Gasteiger partial charge in [0.25, 0.3) is 0 Å². The molecule has 2 unspecified atom stereocenters. The van der Waals surface area contributed by atoms with Gasteiger partial charge in [0.15, 0.2) is 0 Å². The molecule has 0 fully saturated rings. The Hall–Kier alpha value is -1.87. The maximum absolute atomic E-state index is 8.39. The van der Waals surface area contributed by atoms with E-state index >= 15 is 0 Å². The summed E-state index contributed by atoms with van der Waals surface area (Å²) in [4.78, 5) is 0. The summed E-state index contributed by atoms with van der Waals surface area (Å²) < 4.78 is 0. The van der Waals surface area contributed by atoms with Crippen LogP contribution in [0.3, 0.4) is 0 Å². The average Bonchev–Trinajstić information content (AvgIpc) is 2.51. The van der Waals surface area contributed by atoms with Crippen molar-refractivity contribution in [1.82, 2.24) is 0 Å². The number of benzene rings is 1. The topological polar surface area (TPSA) is 58.6 Å². The van der Waals surface area contributed by atoms with Crippen LogP contribution in [0.2, 0.25) is 0 Å². The first-order chi connectivity index (χ1) is 10.2. The van der Waals surface area contributed by atoms with Crippen LogP contribution >= 0.6 is 0 Å². The Morgan fingerprint density at radius 2 is 1.67 bits per heavy atom. The zero-order valence-corrected chi connectivity index (χ0v) is 12.7. The summed E-state index contributed by atoms with van der Waals surface area (Å²) >= 11 is 0. The van der Waals surface area contributed by atoms with Crippen molar-refractivity contribution in [2.45, 2.75) is 38.6 Å². The van der Waals surface area contributed by atoms with E-state index in [9.17, 15) is 0 Å². The van der Waals surface area contributed by atoms with E-state index in [-0.39, 0.29) is 12.0 Å². The van der Waals surface area contributed by atoms with Crippen LogP contribution in [0.25, 0.3) is 0 Å². The summed E-state index contributed by atoms with van der Waals surface area (Å²) in [5.41, 5.74) is 7.30. The highest BCUT2D eigenvalue weighted by Crippen LogP contribution is 2.13. The van der Waals surface area contributed by atoms with Gasteiger partial charge in [-0.05, 0) is 37.2 Å². The van der Waals surface area contributed by atoms with Gasteiger partial charge in [-0.25, -0.2) is 0 Å². The number of hydrogen-bond donors (Lipinski definition) is 2. The number of hydrogen-bond acceptors (Lipinski definition) is 3. The van der Waals surface area contributed by atoms with E-state index in [1.54, 1.807) is 6.21 Å². The second-order valence-corrected chi connectivity index (χ2v) is 5.25. The predicted molar refractivity (Wildman–Crippen MR) is 89.6 cm³/mol. The molecule has 1 rings (SSSR count). The number of nitrogens with two attached hydrogens (primary N) is 1. The van der Waals surface area contributed by atoms with Crippen LogP contribution in [0.1, 0.15) is 44.2 Å². The number of nitrogens with zero attached hydrogens (tertiary/aromatic N) is 1. The molecule has 0 aliphatic rings. The van der Waals surface area contributed by atoms with E-state index in [4.69, 9.17) is 10.9 Å². The Morgan fingerprint density at radius 3 is 2.29 bits per heavy atom. The van der Waals surface area contributed by atoms with E-state index in [1.165, 1.54) is 5.56 Å². The van der Waals surface area contributed by atoms with Gasteiger partial charge in [-0.3, -0.25) is 0 Å². The van der Waals surface area contributed by atoms with Crippen LogP contribution < -0.4 is 5.73 Å². The van der Waals surface area contributed by atoms with Crippen LogP contribution in [-0.2, 0) is 0 Å². The molecular weight excluding hydrogens is 260 g/mol. The lowest BCUT2D eigenvalue weighted by Crippen LogP contribution is -2.08. The SMILES string of the molecule is CC(/C=N/O)C/C=C/CC/C=C/CC(N)c1ccccc1. The number of allylic oxidation sites excluding steroid dienone is 3. The van der Waals surface area contributed by atoms with Gasteiger partial charge in [0.2, 0.25) is 0 Å². The van der Waals surface area contributed by atoms with Gasteiger partial charge in [-0.15, -0.1) is 5.16 Å². The normalized spacial score (nSPS) is 15.1. The quantitative estimate of drug-likeness (QED) is 0.231. The third-order valence-corrected chi connectivity index (χ3v) is 3.28. The molecule has 3 nitrogen and oxygen atoms in total. The van der Waals surface area contributed by atoms with Crippen LogP contribution in [-0.4, -0.2) is 11.4 Å². The zero-order chi connectivity index (χ0) is 15.3. The molecule has 1 aromatic carbocycles. The maximum atomic E-state index is 8.39. The fraction of sp³-hybridized carbons (Fsp3) is 0.389. The molecule has 0 amide bonds. The summed E-state index contributed by atoms with van der Waals surface area (Å²) in [5.74, 6) is 0.283. The minimum atomic E-state index is 0.0802. The molecule has 1 aromatic rings. The van der Waals surface area contributed by atoms with Crippen molar-refractivity contribution < 1.29 is 5.21 Å². The first-order valence-corrected chi connectivity index (χ1v) is 7.52. The lowest BCUT2D eigenvalue weighted by Gasteiger charge is -2.08. The van der Waals surface area contributed by atoms with Gasteiger partial charge in [-0.1, -0.05) is 61.6 Å². The van der Waals surface area contributed by atoms with E-state index in [2.05, 4.69) is 41.6 Å². The van der Waals surface area contributed by atoms with Crippen LogP contribution in [0, 0.1) is 5.92 Å². The Bertz CT molecular complexity index is 452. The van der Waals surface area contributed by atoms with E-state index in [1.807, 2.05) is 25.1 Å². The van der Waals surface area contributed by atoms with Gasteiger partial charge in [-0.2, -0.15) is 0 Å². The van der Waals surface area contributed by atoms with Gasteiger partial charge in [0.05, 0.1) is 0 Å². The Labute approximate surface area is 127 Å². The molecule has 0 aromatic heterocycles. The molecule has 21 heavy (non-hydrogen) atoms. The average molecular weight is 286 g/mol. The molecule has 3 N–H and O–H groups in total. The summed E-state index contributed by atoms with van der Waals surface area (Å²) in [6.07, 6.45) is 14.0. The molecular formula is C18H26N2O. The zero-order valence-electron chi connectivity index (χ0n) is 12.7. The molecule has 0 bridgehead atoms. The summed E-state index contributed by atoms with van der Waals surface area (Å²) in [6.45, 7) is 2.02. The molecule has 0 radical (unpaired) electrons. The van der Waals surface area contributed by atoms with Gasteiger partial charge >= 0.3 is 0 Å². The second-order valence-electron chi connectivity index (χ2n) is 5.25. The highest BCUT2D eigenvalue weighted by atomic mass is 16.4. The van der Waals surface area contributed by atoms with Gasteiger partial charge < -0.3 is 10.9 Å². The van der Waals surface area contributed by atoms with Crippen molar-refractivity contribution in [2.75, 3.05) is 0 Å². The van der Waals surface area contributed by atoms with Gasteiger partial charge in [0, 0.05) is 12.3 Å². The fourth-order valence-corrected chi connectivity index (χ4v) is 1.99. The third-order valence-electron chi connectivity index (χ3n) is 3.28. The molecule has 0 saturated carbocycles.